The lowest BCUT2D eigenvalue weighted by Gasteiger charge is -1.77. The number of nitrogens with zero attached hydrogens (tertiary/aromatic N) is 2. The van der Waals surface area contributed by atoms with E-state index in [4.69, 9.17) is 10.7 Å². The average Bonchev–Trinajstić information content (AvgIpc) is 2.48. The Labute approximate surface area is 63.7 Å². The molecule has 0 aromatic carbocycles. The lowest BCUT2D eigenvalue weighted by atomic mass is 10.5. The highest BCUT2D eigenvalue weighted by Crippen LogP contribution is 1.96. The van der Waals surface area contributed by atoms with Crippen LogP contribution in [0.5, 0.6) is 0 Å². The molecule has 11 heavy (non-hydrogen) atoms. The predicted molar refractivity (Wildman–Crippen MR) is 41.1 cm³/mol. The molecule has 0 saturated heterocycles. The molecule has 4 nitrogen and oxygen atoms in total. The van der Waals surface area contributed by atoms with E-state index in [-0.39, 0.29) is 0 Å². The van der Waals surface area contributed by atoms with E-state index in [9.17, 15) is 0 Å². The van der Waals surface area contributed by atoms with Gasteiger partial charge in [0, 0.05) is 12.4 Å². The topological polar surface area (TPSA) is 76.3 Å². The molecule has 0 radical (unpaired) electrons. The fourth-order valence-corrected chi connectivity index (χ4v) is 0.619. The van der Waals surface area contributed by atoms with Gasteiger partial charge in [-0.2, -0.15) is 5.26 Å². The van der Waals surface area contributed by atoms with Crippen LogP contribution in [0.4, 0.5) is 0 Å². The van der Waals surface area contributed by atoms with Crippen LogP contribution in [0.15, 0.2) is 12.3 Å². The SMILES string of the molecule is N#Cc1c[nH]c(/C=C\C=N)n1. The van der Waals surface area contributed by atoms with Gasteiger partial charge in [0.05, 0.1) is 0 Å². The van der Waals surface area contributed by atoms with Crippen LogP contribution in [-0.4, -0.2) is 16.2 Å². The normalized spacial score (nSPS) is 9.73. The highest BCUT2D eigenvalue weighted by molar-refractivity contribution is 5.74. The van der Waals surface area contributed by atoms with Crippen molar-refractivity contribution in [1.29, 1.82) is 10.7 Å². The van der Waals surface area contributed by atoms with Crippen LogP contribution in [0, 0.1) is 16.7 Å². The summed E-state index contributed by atoms with van der Waals surface area (Å²) in [4.78, 5) is 6.63. The number of hydrogen-bond acceptors (Lipinski definition) is 3. The highest BCUT2D eigenvalue weighted by Gasteiger charge is 1.93. The summed E-state index contributed by atoms with van der Waals surface area (Å²) in [6.07, 6.45) is 5.81. The quantitative estimate of drug-likeness (QED) is 0.609. The summed E-state index contributed by atoms with van der Waals surface area (Å²) in [5, 5.41) is 15.1. The number of imidazole rings is 1. The Morgan fingerprint density at radius 3 is 3.09 bits per heavy atom. The van der Waals surface area contributed by atoms with Gasteiger partial charge in [0.1, 0.15) is 11.9 Å². The summed E-state index contributed by atoms with van der Waals surface area (Å²) in [6.45, 7) is 0. The third kappa shape index (κ3) is 1.76. The summed E-state index contributed by atoms with van der Waals surface area (Å²) in [5.74, 6) is 0.588. The van der Waals surface area contributed by atoms with Crippen LogP contribution in [-0.2, 0) is 0 Å². The lowest BCUT2D eigenvalue weighted by molar-refractivity contribution is 1.25. The fourth-order valence-electron chi connectivity index (χ4n) is 0.619. The summed E-state index contributed by atoms with van der Waals surface area (Å²) in [5.41, 5.74) is 0.356. The van der Waals surface area contributed by atoms with Crippen molar-refractivity contribution in [3.05, 3.63) is 23.8 Å². The van der Waals surface area contributed by atoms with Gasteiger partial charge in [0.2, 0.25) is 0 Å². The number of H-pyrrole nitrogens is 1. The van der Waals surface area contributed by atoms with E-state index in [0.717, 1.165) is 6.21 Å². The molecule has 1 rings (SSSR count). The van der Waals surface area contributed by atoms with Crippen molar-refractivity contribution in [2.45, 2.75) is 0 Å². The number of nitriles is 1. The first-order valence-corrected chi connectivity index (χ1v) is 2.99. The first-order valence-electron chi connectivity index (χ1n) is 2.99. The first kappa shape index (κ1) is 7.22. The van der Waals surface area contributed by atoms with E-state index in [0.29, 0.717) is 11.5 Å². The Kier molecular flexibility index (Phi) is 2.18. The van der Waals surface area contributed by atoms with E-state index >= 15 is 0 Å². The molecule has 4 heteroatoms. The van der Waals surface area contributed by atoms with Gasteiger partial charge < -0.3 is 10.4 Å². The molecule has 1 heterocycles. The first-order chi connectivity index (χ1) is 5.36. The monoisotopic (exact) mass is 146 g/mol. The Hall–Kier alpha value is -1.89. The molecule has 1 aromatic heterocycles. The molecule has 0 amide bonds. The molecule has 0 fully saturated rings. The van der Waals surface area contributed by atoms with Gasteiger partial charge in [-0.15, -0.1) is 0 Å². The Morgan fingerprint density at radius 1 is 1.73 bits per heavy atom. The zero-order valence-electron chi connectivity index (χ0n) is 5.70. The van der Waals surface area contributed by atoms with Crippen molar-refractivity contribution in [3.63, 3.8) is 0 Å². The second kappa shape index (κ2) is 3.32. The van der Waals surface area contributed by atoms with Crippen LogP contribution >= 0.6 is 0 Å². The van der Waals surface area contributed by atoms with Crippen LogP contribution in [0.1, 0.15) is 11.5 Å². The number of nitrogens with one attached hydrogen (secondary N) is 2. The van der Waals surface area contributed by atoms with Gasteiger partial charge in [-0.3, -0.25) is 0 Å². The second-order valence-electron chi connectivity index (χ2n) is 1.81. The van der Waals surface area contributed by atoms with Gasteiger partial charge >= 0.3 is 0 Å². The van der Waals surface area contributed by atoms with Gasteiger partial charge in [-0.05, 0) is 12.2 Å². The summed E-state index contributed by atoms with van der Waals surface area (Å²) >= 11 is 0. The van der Waals surface area contributed by atoms with E-state index < -0.39 is 0 Å². The number of aromatic nitrogens is 2. The molecule has 0 aliphatic carbocycles. The van der Waals surface area contributed by atoms with E-state index in [2.05, 4.69) is 9.97 Å². The van der Waals surface area contributed by atoms with Crippen LogP contribution in [0.2, 0.25) is 0 Å². The predicted octanol–water partition coefficient (Wildman–Crippen LogP) is 0.944. The van der Waals surface area contributed by atoms with Crippen molar-refractivity contribution in [1.82, 2.24) is 9.97 Å². The minimum absolute atomic E-state index is 0.356. The van der Waals surface area contributed by atoms with Crippen LogP contribution in [0.3, 0.4) is 0 Å². The minimum atomic E-state index is 0.356. The van der Waals surface area contributed by atoms with Crippen molar-refractivity contribution in [2.24, 2.45) is 0 Å². The standard InChI is InChI=1S/C7H6N4/c8-3-1-2-7-10-5-6(4-9)11-7/h1-3,5,8H,(H,10,11)/b2-1-,8-3?. The summed E-state index contributed by atoms with van der Waals surface area (Å²) in [6, 6.07) is 1.89. The number of rotatable bonds is 2. The largest absolute Gasteiger partial charge is 0.344 e. The molecule has 0 aliphatic heterocycles. The Bertz CT molecular complexity index is 315. The maximum absolute atomic E-state index is 8.37. The summed E-state index contributed by atoms with van der Waals surface area (Å²) in [7, 11) is 0. The van der Waals surface area contributed by atoms with Crippen LogP contribution in [0.25, 0.3) is 6.08 Å². The average molecular weight is 146 g/mol. The molecular formula is C7H6N4. The number of allylic oxidation sites excluding steroid dienone is 1. The third-order valence-corrected chi connectivity index (χ3v) is 1.06. The number of aromatic amines is 1. The molecule has 0 unspecified atom stereocenters. The molecule has 0 atom stereocenters. The van der Waals surface area contributed by atoms with Gasteiger partial charge in [0.15, 0.2) is 5.69 Å². The molecule has 0 aliphatic rings. The Morgan fingerprint density at radius 2 is 2.55 bits per heavy atom. The van der Waals surface area contributed by atoms with Crippen molar-refractivity contribution in [2.75, 3.05) is 0 Å². The van der Waals surface area contributed by atoms with E-state index in [1.165, 1.54) is 12.3 Å². The maximum atomic E-state index is 8.37. The van der Waals surface area contributed by atoms with Crippen LogP contribution < -0.4 is 0 Å². The second-order valence-corrected chi connectivity index (χ2v) is 1.81. The molecule has 54 valence electrons. The fraction of sp³-hybridized carbons (Fsp3) is 0. The van der Waals surface area contributed by atoms with Crippen molar-refractivity contribution in [3.8, 4) is 6.07 Å². The highest BCUT2D eigenvalue weighted by atomic mass is 14.9. The third-order valence-electron chi connectivity index (χ3n) is 1.06. The number of hydrogen-bond donors (Lipinski definition) is 2. The molecule has 0 bridgehead atoms. The van der Waals surface area contributed by atoms with E-state index in [1.807, 2.05) is 6.07 Å². The zero-order chi connectivity index (χ0) is 8.10. The molecule has 1 aromatic rings. The maximum Gasteiger partial charge on any atom is 0.158 e. The van der Waals surface area contributed by atoms with E-state index in [1.54, 1.807) is 6.08 Å². The summed E-state index contributed by atoms with van der Waals surface area (Å²) < 4.78 is 0. The molecule has 0 saturated carbocycles. The molecule has 2 N–H and O–H groups in total. The molecule has 0 spiro atoms. The lowest BCUT2D eigenvalue weighted by Crippen LogP contribution is -1.74. The van der Waals surface area contributed by atoms with Gasteiger partial charge in [-0.25, -0.2) is 4.98 Å². The smallest absolute Gasteiger partial charge is 0.158 e. The Balaban J connectivity index is 2.82. The zero-order valence-corrected chi connectivity index (χ0v) is 5.70. The van der Waals surface area contributed by atoms with Crippen molar-refractivity contribution < 1.29 is 0 Å². The van der Waals surface area contributed by atoms with Crippen molar-refractivity contribution >= 4 is 12.3 Å². The van der Waals surface area contributed by atoms with Gasteiger partial charge in [0.25, 0.3) is 0 Å². The van der Waals surface area contributed by atoms with Gasteiger partial charge in [-0.1, -0.05) is 0 Å². The molecular weight excluding hydrogens is 140 g/mol. The minimum Gasteiger partial charge on any atom is -0.344 e.